The molecule has 0 fully saturated rings. The van der Waals surface area contributed by atoms with E-state index >= 15 is 0 Å². The Morgan fingerprint density at radius 3 is 2.60 bits per heavy atom. The Kier molecular flexibility index (Phi) is 4.55. The number of rotatable bonds is 5. The first-order valence-corrected chi connectivity index (χ1v) is 4.76. The zero-order valence-corrected chi connectivity index (χ0v) is 8.38. The fourth-order valence-electron chi connectivity index (χ4n) is 1.28. The van der Waals surface area contributed by atoms with Gasteiger partial charge in [-0.15, -0.1) is 0 Å². The van der Waals surface area contributed by atoms with E-state index < -0.39 is 12.2 Å². The van der Waals surface area contributed by atoms with E-state index in [-0.39, 0.29) is 12.6 Å². The summed E-state index contributed by atoms with van der Waals surface area (Å²) in [7, 11) is 0. The zero-order chi connectivity index (χ0) is 11.3. The minimum absolute atomic E-state index is 0.250. The molecule has 0 bridgehead atoms. The molecule has 0 radical (unpaired) electrons. The molecular weight excluding hydrogens is 205 g/mol. The Hall–Kier alpha value is -1.10. The van der Waals surface area contributed by atoms with E-state index in [2.05, 4.69) is 10.3 Å². The van der Waals surface area contributed by atoms with Crippen molar-refractivity contribution in [3.8, 4) is 0 Å². The van der Waals surface area contributed by atoms with Gasteiger partial charge in [0.15, 0.2) is 0 Å². The van der Waals surface area contributed by atoms with Crippen LogP contribution in [0, 0.1) is 5.82 Å². The molecule has 1 rings (SSSR count). The Morgan fingerprint density at radius 1 is 1.40 bits per heavy atom. The van der Waals surface area contributed by atoms with Crippen LogP contribution in [0.25, 0.3) is 0 Å². The van der Waals surface area contributed by atoms with E-state index in [4.69, 9.17) is 0 Å². The molecule has 2 nitrogen and oxygen atoms in total. The molecule has 0 aromatic carbocycles. The highest BCUT2D eigenvalue weighted by Crippen LogP contribution is 2.14. The molecule has 0 amide bonds. The summed E-state index contributed by atoms with van der Waals surface area (Å²) >= 11 is 0. The van der Waals surface area contributed by atoms with Gasteiger partial charge in [0.1, 0.15) is 5.82 Å². The molecule has 1 aromatic rings. The normalized spacial score (nSPS) is 13.1. The Labute approximate surface area is 86.5 Å². The second-order valence-corrected chi connectivity index (χ2v) is 3.16. The summed E-state index contributed by atoms with van der Waals surface area (Å²) in [5.41, 5.74) is 0.583. The van der Waals surface area contributed by atoms with Gasteiger partial charge >= 0.3 is 0 Å². The number of alkyl halides is 2. The lowest BCUT2D eigenvalue weighted by atomic mass is 10.1. The second-order valence-electron chi connectivity index (χ2n) is 3.16. The van der Waals surface area contributed by atoms with Crippen LogP contribution in [0.2, 0.25) is 0 Å². The maximum absolute atomic E-state index is 12.6. The Balaban J connectivity index is 2.61. The summed E-state index contributed by atoms with van der Waals surface area (Å²) in [5, 5.41) is 2.67. The van der Waals surface area contributed by atoms with E-state index in [9.17, 15) is 13.2 Å². The largest absolute Gasteiger partial charge is 0.303 e. The predicted octanol–water partition coefficient (Wildman–Crippen LogP) is 2.53. The van der Waals surface area contributed by atoms with Crippen molar-refractivity contribution in [2.75, 3.05) is 6.54 Å². The summed E-state index contributed by atoms with van der Waals surface area (Å²) in [4.78, 5) is 3.84. The summed E-state index contributed by atoms with van der Waals surface area (Å²) < 4.78 is 36.5. The van der Waals surface area contributed by atoms with Crippen molar-refractivity contribution in [2.45, 2.75) is 25.8 Å². The zero-order valence-electron chi connectivity index (χ0n) is 8.38. The van der Waals surface area contributed by atoms with Crippen LogP contribution in [0.4, 0.5) is 13.2 Å². The summed E-state index contributed by atoms with van der Waals surface area (Å²) in [6.07, 6.45) is -0.674. The maximum Gasteiger partial charge on any atom is 0.250 e. The number of nitrogens with zero attached hydrogens (tertiary/aromatic N) is 1. The van der Waals surface area contributed by atoms with Crippen molar-refractivity contribution in [1.29, 1.82) is 0 Å². The topological polar surface area (TPSA) is 24.9 Å². The molecule has 84 valence electrons. The van der Waals surface area contributed by atoms with E-state index in [1.807, 2.05) is 6.92 Å². The first-order valence-electron chi connectivity index (χ1n) is 4.76. The van der Waals surface area contributed by atoms with Crippen LogP contribution in [0.1, 0.15) is 25.1 Å². The molecule has 15 heavy (non-hydrogen) atoms. The molecule has 0 spiro atoms. The smallest absolute Gasteiger partial charge is 0.250 e. The third-order valence-electron chi connectivity index (χ3n) is 2.03. The fraction of sp³-hybridized carbons (Fsp3) is 0.500. The van der Waals surface area contributed by atoms with Gasteiger partial charge in [-0.25, -0.2) is 13.2 Å². The SMILES string of the molecule is CCC(NCC(F)F)c1ccc(F)cn1. The summed E-state index contributed by atoms with van der Waals surface area (Å²) in [6.45, 7) is 1.48. The van der Waals surface area contributed by atoms with Crippen LogP contribution in [0.5, 0.6) is 0 Å². The lowest BCUT2D eigenvalue weighted by Gasteiger charge is -2.15. The molecule has 0 aliphatic rings. The molecule has 0 saturated heterocycles. The monoisotopic (exact) mass is 218 g/mol. The standard InChI is InChI=1S/C10H13F3N2/c1-2-8(15-6-10(12)13)9-4-3-7(11)5-14-9/h3-5,8,10,15H,2,6H2,1H3. The van der Waals surface area contributed by atoms with Gasteiger partial charge in [-0.1, -0.05) is 6.92 Å². The van der Waals surface area contributed by atoms with Gasteiger partial charge in [0.2, 0.25) is 0 Å². The van der Waals surface area contributed by atoms with Crippen LogP contribution < -0.4 is 5.32 Å². The lowest BCUT2D eigenvalue weighted by molar-refractivity contribution is 0.140. The molecular formula is C10H13F3N2. The number of nitrogens with one attached hydrogen (secondary N) is 1. The first kappa shape index (κ1) is 12.0. The molecule has 1 heterocycles. The lowest BCUT2D eigenvalue weighted by Crippen LogP contribution is -2.26. The van der Waals surface area contributed by atoms with Crippen molar-refractivity contribution in [2.24, 2.45) is 0 Å². The average molecular weight is 218 g/mol. The first-order chi connectivity index (χ1) is 7.13. The number of aromatic nitrogens is 1. The van der Waals surface area contributed by atoms with Crippen molar-refractivity contribution in [3.05, 3.63) is 29.8 Å². The molecule has 1 aromatic heterocycles. The van der Waals surface area contributed by atoms with E-state index in [0.717, 1.165) is 6.20 Å². The number of pyridine rings is 1. The molecule has 0 aliphatic carbocycles. The highest BCUT2D eigenvalue weighted by Gasteiger charge is 2.12. The van der Waals surface area contributed by atoms with E-state index in [1.165, 1.54) is 12.1 Å². The van der Waals surface area contributed by atoms with E-state index in [0.29, 0.717) is 12.1 Å². The number of hydrogen-bond donors (Lipinski definition) is 1. The summed E-state index contributed by atoms with van der Waals surface area (Å²) in [6, 6.07) is 2.52. The van der Waals surface area contributed by atoms with Gasteiger partial charge in [-0.05, 0) is 18.6 Å². The van der Waals surface area contributed by atoms with Gasteiger partial charge in [-0.3, -0.25) is 4.98 Å². The van der Waals surface area contributed by atoms with Crippen LogP contribution in [-0.2, 0) is 0 Å². The average Bonchev–Trinajstić information content (AvgIpc) is 2.21. The molecule has 5 heteroatoms. The van der Waals surface area contributed by atoms with Gasteiger partial charge in [0.25, 0.3) is 6.43 Å². The van der Waals surface area contributed by atoms with Gasteiger partial charge in [0, 0.05) is 6.04 Å². The molecule has 1 N–H and O–H groups in total. The third-order valence-corrected chi connectivity index (χ3v) is 2.03. The highest BCUT2D eigenvalue weighted by molar-refractivity contribution is 5.09. The van der Waals surface area contributed by atoms with Crippen molar-refractivity contribution in [1.82, 2.24) is 10.3 Å². The van der Waals surface area contributed by atoms with Crippen LogP contribution in [0.15, 0.2) is 18.3 Å². The molecule has 1 unspecified atom stereocenters. The molecule has 0 saturated carbocycles. The second kappa shape index (κ2) is 5.70. The third kappa shape index (κ3) is 3.87. The summed E-state index contributed by atoms with van der Waals surface area (Å²) in [5.74, 6) is -0.428. The van der Waals surface area contributed by atoms with Crippen LogP contribution in [0.3, 0.4) is 0 Å². The van der Waals surface area contributed by atoms with Crippen LogP contribution in [-0.4, -0.2) is 18.0 Å². The van der Waals surface area contributed by atoms with Gasteiger partial charge in [-0.2, -0.15) is 0 Å². The molecule has 0 aliphatic heterocycles. The Morgan fingerprint density at radius 2 is 2.13 bits per heavy atom. The minimum atomic E-state index is -2.39. The van der Waals surface area contributed by atoms with Crippen molar-refractivity contribution in [3.63, 3.8) is 0 Å². The Bertz CT molecular complexity index is 287. The quantitative estimate of drug-likeness (QED) is 0.821. The van der Waals surface area contributed by atoms with Crippen molar-refractivity contribution < 1.29 is 13.2 Å². The van der Waals surface area contributed by atoms with Gasteiger partial charge in [0.05, 0.1) is 18.4 Å². The minimum Gasteiger partial charge on any atom is -0.303 e. The highest BCUT2D eigenvalue weighted by atomic mass is 19.3. The fourth-order valence-corrected chi connectivity index (χ4v) is 1.28. The van der Waals surface area contributed by atoms with Gasteiger partial charge < -0.3 is 5.32 Å². The predicted molar refractivity (Wildman–Crippen MR) is 51.2 cm³/mol. The number of hydrogen-bond acceptors (Lipinski definition) is 2. The van der Waals surface area contributed by atoms with Crippen LogP contribution >= 0.6 is 0 Å². The van der Waals surface area contributed by atoms with Crippen molar-refractivity contribution >= 4 is 0 Å². The van der Waals surface area contributed by atoms with E-state index in [1.54, 1.807) is 0 Å². The number of halogens is 3. The maximum atomic E-state index is 12.6. The molecule has 1 atom stereocenters.